The lowest BCUT2D eigenvalue weighted by Crippen LogP contribution is -2.11. The molecule has 0 bridgehead atoms. The Hall–Kier alpha value is -5.96. The lowest BCUT2D eigenvalue weighted by atomic mass is 9.81. The molecule has 0 spiro atoms. The van der Waals surface area contributed by atoms with E-state index >= 15 is 0 Å². The molecule has 11 rings (SSSR count). The maximum Gasteiger partial charge on any atom is 0.0541 e. The van der Waals surface area contributed by atoms with Crippen LogP contribution in [0.5, 0.6) is 0 Å². The smallest absolute Gasteiger partial charge is 0.0541 e. The van der Waals surface area contributed by atoms with Gasteiger partial charge in [-0.25, -0.2) is 0 Å². The zero-order chi connectivity index (χ0) is 32.8. The molecule has 2 unspecified atom stereocenters. The molecular formula is C48H31NS. The molecule has 9 aromatic rings. The first kappa shape index (κ1) is 27.9. The first-order valence-corrected chi connectivity index (χ1v) is 18.3. The van der Waals surface area contributed by atoms with Crippen molar-refractivity contribution < 1.29 is 0 Å². The summed E-state index contributed by atoms with van der Waals surface area (Å²) < 4.78 is 3.75. The van der Waals surface area contributed by atoms with Crippen molar-refractivity contribution in [3.63, 3.8) is 0 Å². The Morgan fingerprint density at radius 2 is 1.04 bits per heavy atom. The molecule has 0 aliphatic heterocycles. The SMILES string of the molecule is C1=CC2C=Cc3c(sc4ccc(-c5c6ccccc6c(-c6ccc7c(c6)c6ccccc6n7-c6ccccc6)c6ccccc56)cc34)C2C=C1. The van der Waals surface area contributed by atoms with Crippen molar-refractivity contribution in [3.05, 3.63) is 180 Å². The van der Waals surface area contributed by atoms with Crippen molar-refractivity contribution in [1.82, 2.24) is 4.57 Å². The van der Waals surface area contributed by atoms with Crippen LogP contribution in [0.15, 0.2) is 170 Å². The summed E-state index contributed by atoms with van der Waals surface area (Å²) in [5.74, 6) is 0.885. The van der Waals surface area contributed by atoms with Gasteiger partial charge >= 0.3 is 0 Å². The van der Waals surface area contributed by atoms with Gasteiger partial charge in [0, 0.05) is 43.3 Å². The number of fused-ring (bicyclic) bond motifs is 10. The van der Waals surface area contributed by atoms with Crippen molar-refractivity contribution in [3.8, 4) is 27.9 Å². The topological polar surface area (TPSA) is 4.93 Å². The molecule has 2 heterocycles. The molecule has 0 N–H and O–H groups in total. The summed E-state index contributed by atoms with van der Waals surface area (Å²) in [4.78, 5) is 1.49. The van der Waals surface area contributed by atoms with E-state index in [0.29, 0.717) is 11.8 Å². The van der Waals surface area contributed by atoms with Crippen molar-refractivity contribution >= 4 is 70.8 Å². The highest BCUT2D eigenvalue weighted by Gasteiger charge is 2.27. The van der Waals surface area contributed by atoms with Crippen LogP contribution >= 0.6 is 11.3 Å². The second kappa shape index (κ2) is 10.8. The van der Waals surface area contributed by atoms with E-state index in [9.17, 15) is 0 Å². The van der Waals surface area contributed by atoms with Crippen LogP contribution in [0.2, 0.25) is 0 Å². The highest BCUT2D eigenvalue weighted by Crippen LogP contribution is 2.49. The maximum atomic E-state index is 2.45. The van der Waals surface area contributed by atoms with Crippen LogP contribution in [-0.4, -0.2) is 4.57 Å². The lowest BCUT2D eigenvalue weighted by molar-refractivity contribution is 0.705. The van der Waals surface area contributed by atoms with Crippen LogP contribution in [0.4, 0.5) is 0 Å². The van der Waals surface area contributed by atoms with Crippen LogP contribution in [0, 0.1) is 5.92 Å². The van der Waals surface area contributed by atoms with E-state index in [1.54, 1.807) is 0 Å². The summed E-state index contributed by atoms with van der Waals surface area (Å²) in [5, 5.41) is 9.03. The molecular weight excluding hydrogens is 623 g/mol. The molecule has 0 saturated carbocycles. The first-order valence-electron chi connectivity index (χ1n) is 17.4. The van der Waals surface area contributed by atoms with E-state index < -0.39 is 0 Å². The second-order valence-electron chi connectivity index (χ2n) is 13.6. The third kappa shape index (κ3) is 4.00. The van der Waals surface area contributed by atoms with Crippen molar-refractivity contribution in [2.75, 3.05) is 0 Å². The van der Waals surface area contributed by atoms with Gasteiger partial charge in [0.15, 0.2) is 0 Å². The quantitative estimate of drug-likeness (QED) is 0.167. The monoisotopic (exact) mass is 653 g/mol. The van der Waals surface area contributed by atoms with Crippen molar-refractivity contribution in [2.45, 2.75) is 5.92 Å². The highest BCUT2D eigenvalue weighted by molar-refractivity contribution is 7.19. The average molecular weight is 654 g/mol. The maximum absolute atomic E-state index is 2.45. The molecule has 2 aromatic heterocycles. The molecule has 1 nitrogen and oxygen atoms in total. The Bertz CT molecular complexity index is 2870. The molecule has 0 amide bonds. The molecule has 50 heavy (non-hydrogen) atoms. The number of para-hydroxylation sites is 2. The van der Waals surface area contributed by atoms with Gasteiger partial charge in [-0.1, -0.05) is 134 Å². The van der Waals surface area contributed by atoms with Gasteiger partial charge < -0.3 is 4.57 Å². The van der Waals surface area contributed by atoms with Gasteiger partial charge in [-0.2, -0.15) is 0 Å². The van der Waals surface area contributed by atoms with Crippen LogP contribution in [0.25, 0.3) is 87.5 Å². The number of hydrogen-bond acceptors (Lipinski definition) is 1. The number of hydrogen-bond donors (Lipinski definition) is 0. The number of nitrogens with zero attached hydrogens (tertiary/aromatic N) is 1. The number of allylic oxidation sites excluding steroid dienone is 5. The largest absolute Gasteiger partial charge is 0.309 e. The third-order valence-electron chi connectivity index (χ3n) is 10.9. The summed E-state index contributed by atoms with van der Waals surface area (Å²) in [5.41, 5.74) is 10.1. The normalized spacial score (nSPS) is 16.6. The number of aromatic nitrogens is 1. The van der Waals surface area contributed by atoms with Gasteiger partial charge in [0.25, 0.3) is 0 Å². The summed E-state index contributed by atoms with van der Waals surface area (Å²) in [7, 11) is 0. The van der Waals surface area contributed by atoms with Gasteiger partial charge in [0.1, 0.15) is 0 Å². The predicted octanol–water partition coefficient (Wildman–Crippen LogP) is 13.5. The Morgan fingerprint density at radius 3 is 1.76 bits per heavy atom. The Labute approximate surface area is 294 Å². The average Bonchev–Trinajstić information content (AvgIpc) is 3.72. The Morgan fingerprint density at radius 1 is 0.460 bits per heavy atom. The van der Waals surface area contributed by atoms with Crippen molar-refractivity contribution in [1.29, 1.82) is 0 Å². The highest BCUT2D eigenvalue weighted by atomic mass is 32.1. The van der Waals surface area contributed by atoms with Gasteiger partial charge in [-0.05, 0) is 91.8 Å². The van der Waals surface area contributed by atoms with E-state index in [0.717, 1.165) is 0 Å². The molecule has 7 aromatic carbocycles. The summed E-state index contributed by atoms with van der Waals surface area (Å²) in [6.07, 6.45) is 13.9. The summed E-state index contributed by atoms with van der Waals surface area (Å²) in [6.45, 7) is 0. The fourth-order valence-electron chi connectivity index (χ4n) is 8.72. The molecule has 2 atom stereocenters. The minimum absolute atomic E-state index is 0.431. The van der Waals surface area contributed by atoms with E-state index in [-0.39, 0.29) is 0 Å². The predicted molar refractivity (Wildman–Crippen MR) is 216 cm³/mol. The van der Waals surface area contributed by atoms with Crippen molar-refractivity contribution in [2.24, 2.45) is 5.92 Å². The molecule has 0 radical (unpaired) electrons. The van der Waals surface area contributed by atoms with E-state index in [4.69, 9.17) is 0 Å². The number of thiophene rings is 1. The third-order valence-corrected chi connectivity index (χ3v) is 12.2. The Kier molecular flexibility index (Phi) is 6.02. The van der Waals surface area contributed by atoms with E-state index in [1.807, 2.05) is 11.3 Å². The second-order valence-corrected chi connectivity index (χ2v) is 14.7. The van der Waals surface area contributed by atoms with Gasteiger partial charge in [-0.15, -0.1) is 11.3 Å². The fraction of sp³-hybridized carbons (Fsp3) is 0.0417. The minimum Gasteiger partial charge on any atom is -0.309 e. The summed E-state index contributed by atoms with van der Waals surface area (Å²) >= 11 is 1.96. The number of rotatable bonds is 3. The lowest BCUT2D eigenvalue weighted by Gasteiger charge is -2.24. The first-order chi connectivity index (χ1) is 24.8. The molecule has 2 aliphatic rings. The van der Waals surface area contributed by atoms with E-state index in [2.05, 4.69) is 181 Å². The molecule has 2 heteroatoms. The fourth-order valence-corrected chi connectivity index (χ4v) is 10.0. The molecule has 0 saturated heterocycles. The number of benzene rings is 7. The van der Waals surface area contributed by atoms with Crippen LogP contribution in [-0.2, 0) is 0 Å². The van der Waals surface area contributed by atoms with Crippen LogP contribution < -0.4 is 0 Å². The molecule has 0 fully saturated rings. The minimum atomic E-state index is 0.431. The zero-order valence-electron chi connectivity index (χ0n) is 27.3. The standard InChI is InChI=1S/C48H31NS/c1-2-13-33(14-3-1)49-43-21-11-10-16-35(43)41-28-31(23-26-44(41)49)46-36-17-6-8-19-38(36)47(39-20-9-7-18-37(39)46)32-24-27-45-42(29-32)40-25-22-30-12-4-5-15-34(30)48(40)50-45/h1-30,34H. The van der Waals surface area contributed by atoms with Gasteiger partial charge in [-0.3, -0.25) is 0 Å². The molecule has 2 aliphatic carbocycles. The van der Waals surface area contributed by atoms with Gasteiger partial charge in [0.2, 0.25) is 0 Å². The van der Waals surface area contributed by atoms with E-state index in [1.165, 1.54) is 91.8 Å². The molecule has 234 valence electrons. The zero-order valence-corrected chi connectivity index (χ0v) is 28.1. The van der Waals surface area contributed by atoms with Crippen LogP contribution in [0.1, 0.15) is 16.4 Å². The summed E-state index contributed by atoms with van der Waals surface area (Å²) in [6, 6.07) is 51.7. The van der Waals surface area contributed by atoms with Gasteiger partial charge in [0.05, 0.1) is 11.0 Å². The Balaban J connectivity index is 1.16. The van der Waals surface area contributed by atoms with Crippen LogP contribution in [0.3, 0.4) is 0 Å².